The SMILES string of the molecule is Cc1nc([C@H](CNC(=O)c2ncc(C3CC3)cc2S(=O)(=O)CC(C)C)C2CC2)no1. The van der Waals surface area contributed by atoms with Gasteiger partial charge < -0.3 is 9.84 Å². The van der Waals surface area contributed by atoms with Crippen LogP contribution >= 0.6 is 0 Å². The van der Waals surface area contributed by atoms with E-state index in [0.717, 1.165) is 31.2 Å². The van der Waals surface area contributed by atoms with Gasteiger partial charge in [-0.3, -0.25) is 4.79 Å². The van der Waals surface area contributed by atoms with Crippen molar-refractivity contribution in [1.29, 1.82) is 0 Å². The van der Waals surface area contributed by atoms with Gasteiger partial charge in [0.2, 0.25) is 5.89 Å². The molecule has 162 valence electrons. The lowest BCUT2D eigenvalue weighted by Crippen LogP contribution is -2.32. The molecular weight excluding hydrogens is 404 g/mol. The molecular formula is C21H28N4O4S. The predicted molar refractivity (Wildman–Crippen MR) is 110 cm³/mol. The number of nitrogens with zero attached hydrogens (tertiary/aromatic N) is 3. The van der Waals surface area contributed by atoms with Gasteiger partial charge in [0.25, 0.3) is 5.91 Å². The van der Waals surface area contributed by atoms with Crippen LogP contribution in [0, 0.1) is 18.8 Å². The van der Waals surface area contributed by atoms with E-state index >= 15 is 0 Å². The summed E-state index contributed by atoms with van der Waals surface area (Å²) in [6.07, 6.45) is 5.81. The van der Waals surface area contributed by atoms with Gasteiger partial charge in [-0.15, -0.1) is 0 Å². The minimum atomic E-state index is -3.62. The van der Waals surface area contributed by atoms with Gasteiger partial charge in [0.1, 0.15) is 5.69 Å². The molecule has 8 nitrogen and oxygen atoms in total. The molecule has 1 amide bonds. The van der Waals surface area contributed by atoms with Crippen molar-refractivity contribution < 1.29 is 17.7 Å². The number of aryl methyl sites for hydroxylation is 1. The van der Waals surface area contributed by atoms with Crippen LogP contribution < -0.4 is 5.32 Å². The molecule has 1 N–H and O–H groups in total. The highest BCUT2D eigenvalue weighted by Gasteiger charge is 2.36. The highest BCUT2D eigenvalue weighted by molar-refractivity contribution is 7.91. The fourth-order valence-corrected chi connectivity index (χ4v) is 5.57. The monoisotopic (exact) mass is 432 g/mol. The third-order valence-corrected chi connectivity index (χ3v) is 7.66. The van der Waals surface area contributed by atoms with Crippen molar-refractivity contribution in [2.45, 2.75) is 63.2 Å². The Balaban J connectivity index is 1.57. The molecule has 0 saturated heterocycles. The van der Waals surface area contributed by atoms with Gasteiger partial charge in [-0.2, -0.15) is 4.98 Å². The Labute approximate surface area is 176 Å². The number of hydrogen-bond acceptors (Lipinski definition) is 7. The van der Waals surface area contributed by atoms with Gasteiger partial charge >= 0.3 is 0 Å². The standard InChI is InChI=1S/C21H28N4O4S/c1-12(2)11-30(27,28)18-8-16(14-4-5-14)9-22-19(18)21(26)23-10-17(15-6-7-15)20-24-13(3)29-25-20/h8-9,12,14-15,17H,4-7,10-11H2,1-3H3,(H,23,26)/t17-/m1/s1. The third-order valence-electron chi connectivity index (χ3n) is 5.57. The number of carbonyl (C=O) groups is 1. The maximum absolute atomic E-state index is 13.0. The van der Waals surface area contributed by atoms with Gasteiger partial charge in [-0.1, -0.05) is 19.0 Å². The van der Waals surface area contributed by atoms with Crippen molar-refractivity contribution in [3.8, 4) is 0 Å². The molecule has 2 aliphatic rings. The molecule has 30 heavy (non-hydrogen) atoms. The summed E-state index contributed by atoms with van der Waals surface area (Å²) in [5, 5.41) is 6.88. The second-order valence-corrected chi connectivity index (χ2v) is 10.9. The summed E-state index contributed by atoms with van der Waals surface area (Å²) < 4.78 is 31.1. The Morgan fingerprint density at radius 2 is 2.00 bits per heavy atom. The normalized spacial score (nSPS) is 17.9. The Hall–Kier alpha value is -2.29. The summed E-state index contributed by atoms with van der Waals surface area (Å²) in [5.74, 6) is 1.23. The molecule has 4 rings (SSSR count). The zero-order valence-electron chi connectivity index (χ0n) is 17.6. The van der Waals surface area contributed by atoms with E-state index in [-0.39, 0.29) is 28.2 Å². The van der Waals surface area contributed by atoms with Crippen LogP contribution in [0.5, 0.6) is 0 Å². The minimum Gasteiger partial charge on any atom is -0.350 e. The first kappa shape index (κ1) is 21.0. The summed E-state index contributed by atoms with van der Waals surface area (Å²) in [5.41, 5.74) is 0.867. The molecule has 2 aromatic heterocycles. The second kappa shape index (κ2) is 8.09. The van der Waals surface area contributed by atoms with Crippen molar-refractivity contribution in [2.24, 2.45) is 11.8 Å². The maximum atomic E-state index is 13.0. The van der Waals surface area contributed by atoms with Crippen LogP contribution in [0.15, 0.2) is 21.7 Å². The van der Waals surface area contributed by atoms with Gasteiger partial charge in [-0.25, -0.2) is 13.4 Å². The molecule has 9 heteroatoms. The first-order valence-electron chi connectivity index (χ1n) is 10.6. The summed E-state index contributed by atoms with van der Waals surface area (Å²) in [4.78, 5) is 21.6. The van der Waals surface area contributed by atoms with Gasteiger partial charge in [0.15, 0.2) is 15.7 Å². The zero-order valence-corrected chi connectivity index (χ0v) is 18.4. The fourth-order valence-electron chi connectivity index (χ4n) is 3.76. The number of hydrogen-bond donors (Lipinski definition) is 1. The summed E-state index contributed by atoms with van der Waals surface area (Å²) >= 11 is 0. The average Bonchev–Trinajstić information content (AvgIpc) is 3.59. The van der Waals surface area contributed by atoms with Crippen molar-refractivity contribution in [2.75, 3.05) is 12.3 Å². The number of nitrogens with one attached hydrogen (secondary N) is 1. The average molecular weight is 433 g/mol. The molecule has 0 bridgehead atoms. The molecule has 2 saturated carbocycles. The highest BCUT2D eigenvalue weighted by Crippen LogP contribution is 2.42. The van der Waals surface area contributed by atoms with E-state index in [9.17, 15) is 13.2 Å². The van der Waals surface area contributed by atoms with Crippen molar-refractivity contribution >= 4 is 15.7 Å². The van der Waals surface area contributed by atoms with Crippen molar-refractivity contribution in [1.82, 2.24) is 20.4 Å². The number of amides is 1. The predicted octanol–water partition coefficient (Wildman–Crippen LogP) is 3.00. The molecule has 0 spiro atoms. The largest absolute Gasteiger partial charge is 0.350 e. The van der Waals surface area contributed by atoms with E-state index in [4.69, 9.17) is 4.52 Å². The number of aromatic nitrogens is 3. The highest BCUT2D eigenvalue weighted by atomic mass is 32.2. The summed E-state index contributed by atoms with van der Waals surface area (Å²) in [6.45, 7) is 5.75. The van der Waals surface area contributed by atoms with Crippen LogP contribution in [0.3, 0.4) is 0 Å². The fraction of sp³-hybridized carbons (Fsp3) is 0.619. The second-order valence-electron chi connectivity index (χ2n) is 8.89. The molecule has 2 aromatic rings. The van der Waals surface area contributed by atoms with Crippen molar-refractivity contribution in [3.63, 3.8) is 0 Å². The van der Waals surface area contributed by atoms with Crippen LogP contribution in [0.25, 0.3) is 0 Å². The zero-order chi connectivity index (χ0) is 21.5. The smallest absolute Gasteiger partial charge is 0.271 e. The van der Waals surface area contributed by atoms with E-state index in [0.29, 0.717) is 30.1 Å². The molecule has 0 aromatic carbocycles. The molecule has 1 atom stereocenters. The quantitative estimate of drug-likeness (QED) is 0.647. The number of sulfone groups is 1. The van der Waals surface area contributed by atoms with Crippen LogP contribution in [0.1, 0.15) is 79.1 Å². The molecule has 0 unspecified atom stereocenters. The summed E-state index contributed by atoms with van der Waals surface area (Å²) in [6, 6.07) is 1.65. The van der Waals surface area contributed by atoms with Gasteiger partial charge in [-0.05, 0) is 55.1 Å². The third kappa shape index (κ3) is 4.71. The molecule has 0 radical (unpaired) electrons. The van der Waals surface area contributed by atoms with Gasteiger partial charge in [0, 0.05) is 25.6 Å². The first-order chi connectivity index (χ1) is 14.2. The minimum absolute atomic E-state index is 0.0179. The lowest BCUT2D eigenvalue weighted by Gasteiger charge is -2.16. The number of carbonyl (C=O) groups excluding carboxylic acids is 1. The number of rotatable bonds is 9. The molecule has 0 aliphatic heterocycles. The van der Waals surface area contributed by atoms with Gasteiger partial charge in [0.05, 0.1) is 10.6 Å². The molecule has 2 fully saturated rings. The lowest BCUT2D eigenvalue weighted by atomic mass is 10.0. The first-order valence-corrected chi connectivity index (χ1v) is 12.2. The Morgan fingerprint density at radius 3 is 2.57 bits per heavy atom. The van der Waals surface area contributed by atoms with Crippen LogP contribution in [-0.2, 0) is 9.84 Å². The number of pyridine rings is 1. The molecule has 2 aliphatic carbocycles. The summed E-state index contributed by atoms with van der Waals surface area (Å²) in [7, 11) is -3.62. The maximum Gasteiger partial charge on any atom is 0.271 e. The lowest BCUT2D eigenvalue weighted by molar-refractivity contribution is 0.0941. The van der Waals surface area contributed by atoms with E-state index in [1.165, 1.54) is 0 Å². The van der Waals surface area contributed by atoms with Crippen molar-refractivity contribution in [3.05, 3.63) is 35.2 Å². The molecule has 2 heterocycles. The van der Waals surface area contributed by atoms with Crippen LogP contribution in [0.2, 0.25) is 0 Å². The van der Waals surface area contributed by atoms with E-state index in [1.54, 1.807) is 19.2 Å². The topological polar surface area (TPSA) is 115 Å². The Morgan fingerprint density at radius 1 is 1.27 bits per heavy atom. The Bertz CT molecular complexity index is 1040. The Kier molecular flexibility index (Phi) is 5.65. The van der Waals surface area contributed by atoms with Crippen LogP contribution in [-0.4, -0.2) is 41.7 Å². The van der Waals surface area contributed by atoms with E-state index in [1.807, 2.05) is 13.8 Å². The van der Waals surface area contributed by atoms with Crippen LogP contribution in [0.4, 0.5) is 0 Å². The van der Waals surface area contributed by atoms with E-state index in [2.05, 4.69) is 20.4 Å². The van der Waals surface area contributed by atoms with E-state index < -0.39 is 15.7 Å².